The van der Waals surface area contributed by atoms with Crippen molar-refractivity contribution in [3.8, 4) is 22.6 Å². The van der Waals surface area contributed by atoms with Crippen LogP contribution >= 0.6 is 0 Å². The summed E-state index contributed by atoms with van der Waals surface area (Å²) in [7, 11) is 3.76. The molecule has 1 saturated heterocycles. The molecule has 0 atom stereocenters. The van der Waals surface area contributed by atoms with Crippen molar-refractivity contribution in [2.45, 2.75) is 52.0 Å². The molecule has 238 valence electrons. The Bertz CT molecular complexity index is 1460. The zero-order valence-electron chi connectivity index (χ0n) is 27.2. The van der Waals surface area contributed by atoms with E-state index in [1.807, 2.05) is 43.3 Å². The zero-order valence-corrected chi connectivity index (χ0v) is 27.2. The van der Waals surface area contributed by atoms with Crippen LogP contribution in [0.2, 0.25) is 0 Å². The van der Waals surface area contributed by atoms with Crippen molar-refractivity contribution in [3.05, 3.63) is 72.1 Å². The maximum absolute atomic E-state index is 13.5. The van der Waals surface area contributed by atoms with Crippen molar-refractivity contribution in [2.75, 3.05) is 58.4 Å². The molecule has 7 nitrogen and oxygen atoms in total. The molecular weight excluding hydrogens is 560 g/mol. The van der Waals surface area contributed by atoms with E-state index in [2.05, 4.69) is 45.1 Å². The van der Waals surface area contributed by atoms with Crippen molar-refractivity contribution in [1.82, 2.24) is 14.8 Å². The molecule has 0 N–H and O–H groups in total. The van der Waals surface area contributed by atoms with Gasteiger partial charge in [0.15, 0.2) is 0 Å². The number of anilines is 1. The molecule has 0 spiro atoms. The van der Waals surface area contributed by atoms with Gasteiger partial charge in [0.25, 0.3) is 5.91 Å². The summed E-state index contributed by atoms with van der Waals surface area (Å²) in [6.45, 7) is 8.21. The summed E-state index contributed by atoms with van der Waals surface area (Å²) in [4.78, 5) is 24.7. The topological polar surface area (TPSA) is 58.1 Å². The van der Waals surface area contributed by atoms with Gasteiger partial charge >= 0.3 is 0 Å². The average molecular weight is 609 g/mol. The number of amides is 1. The smallest absolute Gasteiger partial charge is 0.253 e. The van der Waals surface area contributed by atoms with Crippen LogP contribution in [-0.4, -0.2) is 74.2 Å². The number of ether oxygens (including phenoxy) is 2. The van der Waals surface area contributed by atoms with Gasteiger partial charge in [0.1, 0.15) is 11.5 Å². The molecule has 2 heterocycles. The summed E-state index contributed by atoms with van der Waals surface area (Å²) in [5, 5.41) is 0. The minimum absolute atomic E-state index is 0.167. The summed E-state index contributed by atoms with van der Waals surface area (Å²) in [6.07, 6.45) is 11.9. The first-order chi connectivity index (χ1) is 21.9. The Morgan fingerprint density at radius 3 is 2.24 bits per heavy atom. The second-order valence-electron chi connectivity index (χ2n) is 14.3. The third-order valence-electron chi connectivity index (χ3n) is 11.0. The van der Waals surface area contributed by atoms with Crippen LogP contribution < -0.4 is 14.4 Å². The van der Waals surface area contributed by atoms with Crippen LogP contribution in [0.15, 0.2) is 60.9 Å². The van der Waals surface area contributed by atoms with Crippen molar-refractivity contribution < 1.29 is 14.3 Å². The molecule has 0 unspecified atom stereocenters. The van der Waals surface area contributed by atoms with Crippen LogP contribution in [0.1, 0.15) is 61.4 Å². The summed E-state index contributed by atoms with van der Waals surface area (Å²) in [6, 6.07) is 16.8. The second kappa shape index (κ2) is 12.7. The molecule has 2 aromatic carbocycles. The predicted molar refractivity (Wildman–Crippen MR) is 179 cm³/mol. The molecule has 45 heavy (non-hydrogen) atoms. The Labute approximate surface area is 268 Å². The Balaban J connectivity index is 0.929. The lowest BCUT2D eigenvalue weighted by Crippen LogP contribution is -2.51. The first-order valence-electron chi connectivity index (χ1n) is 17.0. The highest BCUT2D eigenvalue weighted by Crippen LogP contribution is 2.60. The van der Waals surface area contributed by atoms with Gasteiger partial charge in [0.2, 0.25) is 0 Å². The fraction of sp³-hybridized carbons (Fsp3) is 0.526. The Hall–Kier alpha value is -3.58. The van der Waals surface area contributed by atoms with Gasteiger partial charge in [-0.2, -0.15) is 0 Å². The van der Waals surface area contributed by atoms with Gasteiger partial charge in [-0.3, -0.25) is 14.7 Å². The average Bonchev–Trinajstić information content (AvgIpc) is 3.04. The van der Waals surface area contributed by atoms with E-state index in [9.17, 15) is 4.79 Å². The fourth-order valence-corrected chi connectivity index (χ4v) is 9.38. The van der Waals surface area contributed by atoms with Crippen LogP contribution in [0.25, 0.3) is 11.1 Å². The number of methoxy groups -OCH3 is 1. The fourth-order valence-electron chi connectivity index (χ4n) is 9.38. The van der Waals surface area contributed by atoms with Gasteiger partial charge in [-0.05, 0) is 111 Å². The quantitative estimate of drug-likeness (QED) is 0.253. The molecule has 7 heteroatoms. The van der Waals surface area contributed by atoms with E-state index in [1.165, 1.54) is 49.8 Å². The lowest BCUT2D eigenvalue weighted by Gasteiger charge is -2.57. The van der Waals surface area contributed by atoms with Gasteiger partial charge in [0, 0.05) is 74.9 Å². The van der Waals surface area contributed by atoms with Crippen LogP contribution in [0, 0.1) is 23.2 Å². The van der Waals surface area contributed by atoms with Gasteiger partial charge in [-0.15, -0.1) is 0 Å². The number of nitrogens with zero attached hydrogens (tertiary/aromatic N) is 4. The molecule has 1 aromatic heterocycles. The molecule has 4 bridgehead atoms. The molecule has 0 radical (unpaired) electrons. The van der Waals surface area contributed by atoms with E-state index in [4.69, 9.17) is 9.47 Å². The van der Waals surface area contributed by atoms with Crippen molar-refractivity contribution in [2.24, 2.45) is 23.2 Å². The normalized spacial score (nSPS) is 25.8. The lowest BCUT2D eigenvalue weighted by atomic mass is 9.49. The number of piperazine rings is 1. The largest absolute Gasteiger partial charge is 0.496 e. The van der Waals surface area contributed by atoms with Crippen molar-refractivity contribution in [1.29, 1.82) is 0 Å². The maximum atomic E-state index is 13.5. The van der Waals surface area contributed by atoms with E-state index in [0.717, 1.165) is 85.2 Å². The van der Waals surface area contributed by atoms with Crippen LogP contribution in [0.5, 0.6) is 11.5 Å². The number of hydrogen-bond donors (Lipinski definition) is 0. The molecule has 1 aliphatic heterocycles. The Kier molecular flexibility index (Phi) is 8.47. The molecule has 8 rings (SSSR count). The number of hydrogen-bond acceptors (Lipinski definition) is 6. The first kappa shape index (κ1) is 30.1. The van der Waals surface area contributed by atoms with Crippen LogP contribution in [-0.2, 0) is 6.54 Å². The van der Waals surface area contributed by atoms with E-state index >= 15 is 0 Å². The monoisotopic (exact) mass is 608 g/mol. The van der Waals surface area contributed by atoms with E-state index in [-0.39, 0.29) is 5.91 Å². The highest BCUT2D eigenvalue weighted by atomic mass is 16.5. The lowest BCUT2D eigenvalue weighted by molar-refractivity contribution is -0.0629. The number of carbonyl (C=O) groups is 1. The molecule has 4 saturated carbocycles. The zero-order chi connectivity index (χ0) is 31.0. The first-order valence-corrected chi connectivity index (χ1v) is 17.0. The Morgan fingerprint density at radius 2 is 1.60 bits per heavy atom. The van der Waals surface area contributed by atoms with E-state index in [0.29, 0.717) is 12.0 Å². The summed E-state index contributed by atoms with van der Waals surface area (Å²) < 4.78 is 11.4. The second-order valence-corrected chi connectivity index (χ2v) is 14.3. The van der Waals surface area contributed by atoms with Gasteiger partial charge in [-0.1, -0.05) is 12.1 Å². The van der Waals surface area contributed by atoms with Crippen molar-refractivity contribution >= 4 is 11.6 Å². The van der Waals surface area contributed by atoms with Gasteiger partial charge in [0.05, 0.1) is 19.9 Å². The number of benzene rings is 2. The van der Waals surface area contributed by atoms with Gasteiger partial charge in [-0.25, -0.2) is 0 Å². The summed E-state index contributed by atoms with van der Waals surface area (Å²) in [5.74, 6) is 4.57. The van der Waals surface area contributed by atoms with E-state index in [1.54, 1.807) is 13.3 Å². The molecule has 3 aromatic rings. The highest BCUT2D eigenvalue weighted by molar-refractivity contribution is 5.94. The third kappa shape index (κ3) is 6.42. The van der Waals surface area contributed by atoms with Crippen LogP contribution in [0.3, 0.4) is 0 Å². The molecule has 5 aliphatic rings. The predicted octanol–water partition coefficient (Wildman–Crippen LogP) is 6.77. The standard InChI is InChI=1S/C38H48N4O3/c1-4-45-35-18-33(23-39-24-35)31-5-6-32(36(19-31)44-3)25-41-11-13-42(14-12-41)34-9-7-30(8-10-34)37(43)40(2)26-38-20-27-15-28(21-38)17-29(16-27)22-38/h5-10,18-19,23-24,27-29H,4,11-17,20-22,25-26H2,1-3H3. The SMILES string of the molecule is CCOc1cncc(-c2ccc(CN3CCN(c4ccc(C(=O)N(C)CC56CC7CC(CC(C7)C5)C6)cc4)CC3)c(OC)c2)c1. The molecule has 5 fully saturated rings. The minimum Gasteiger partial charge on any atom is -0.496 e. The summed E-state index contributed by atoms with van der Waals surface area (Å²) >= 11 is 0. The van der Waals surface area contributed by atoms with E-state index < -0.39 is 0 Å². The number of aromatic nitrogens is 1. The molecular formula is C38H48N4O3. The van der Waals surface area contributed by atoms with Crippen LogP contribution in [0.4, 0.5) is 5.69 Å². The Morgan fingerprint density at radius 1 is 0.911 bits per heavy atom. The highest BCUT2D eigenvalue weighted by Gasteiger charge is 2.51. The van der Waals surface area contributed by atoms with Gasteiger partial charge < -0.3 is 19.3 Å². The number of rotatable bonds is 10. The molecule has 1 amide bonds. The summed E-state index contributed by atoms with van der Waals surface area (Å²) in [5.41, 5.74) is 5.64. The third-order valence-corrected chi connectivity index (χ3v) is 11.0. The number of carbonyl (C=O) groups excluding carboxylic acids is 1. The van der Waals surface area contributed by atoms with Crippen molar-refractivity contribution in [3.63, 3.8) is 0 Å². The maximum Gasteiger partial charge on any atom is 0.253 e. The number of pyridine rings is 1. The minimum atomic E-state index is 0.167. The molecule has 4 aliphatic carbocycles.